The monoisotopic (exact) mass is 176 g/mol. The molecule has 2 radical (unpaired) electrons. The lowest BCUT2D eigenvalue weighted by molar-refractivity contribution is -0.121. The van der Waals surface area contributed by atoms with Crippen LogP contribution in [-0.4, -0.2) is 18.3 Å². The largest absolute Gasteiger partial charge is 0.435 e. The predicted molar refractivity (Wildman–Crippen MR) is 33.3 cm³/mol. The lowest BCUT2D eigenvalue weighted by Gasteiger charge is -2.13. The molecule has 0 spiro atoms. The molecule has 1 heterocycles. The maximum absolute atomic E-state index is 12.0. The molecular weight excluding hydrogens is 173 g/mol. The molecule has 64 valence electrons. The average molecular weight is 176 g/mol. The number of carbonyl (C=O) groups excluding carboxylic acids is 1. The third kappa shape index (κ3) is 1.63. The number of rotatable bonds is 0. The molecule has 0 aromatic rings. The van der Waals surface area contributed by atoms with Crippen molar-refractivity contribution in [1.29, 1.82) is 0 Å². The van der Waals surface area contributed by atoms with Gasteiger partial charge in [0.15, 0.2) is 11.9 Å². The van der Waals surface area contributed by atoms with Crippen molar-refractivity contribution in [3.63, 3.8) is 0 Å². The molecule has 1 aliphatic heterocycles. The zero-order valence-corrected chi connectivity index (χ0v) is 5.94. The summed E-state index contributed by atoms with van der Waals surface area (Å²) in [6, 6.07) is 0. The van der Waals surface area contributed by atoms with Crippen LogP contribution in [0.2, 0.25) is 0 Å². The topological polar surface area (TPSA) is 43.5 Å². The van der Waals surface area contributed by atoms with E-state index < -0.39 is 17.8 Å². The van der Waals surface area contributed by atoms with Crippen LogP contribution in [0, 0.1) is 0 Å². The number of allylic oxidation sites excluding steroid dienone is 2. The highest BCUT2D eigenvalue weighted by atomic mass is 19.4. The molecule has 0 aliphatic carbocycles. The van der Waals surface area contributed by atoms with Gasteiger partial charge in [-0.25, -0.2) is 10.3 Å². The Labute approximate surface area is 66.0 Å². The van der Waals surface area contributed by atoms with E-state index in [0.717, 1.165) is 6.92 Å². The van der Waals surface area contributed by atoms with Crippen LogP contribution in [0.4, 0.5) is 13.2 Å². The van der Waals surface area contributed by atoms with Crippen LogP contribution in [0.3, 0.4) is 0 Å². The average Bonchev–Trinajstić information content (AvgIpc) is 1.92. The molecule has 0 N–H and O–H groups in total. The van der Waals surface area contributed by atoms with E-state index in [-0.39, 0.29) is 5.70 Å². The Morgan fingerprint density at radius 2 is 2.00 bits per heavy atom. The smallest absolute Gasteiger partial charge is 0.265 e. The summed E-state index contributed by atoms with van der Waals surface area (Å²) in [5, 5.41) is 2.75. The number of nitrogens with zero attached hydrogens (tertiary/aromatic N) is 2. The van der Waals surface area contributed by atoms with Gasteiger partial charge in [-0.05, 0) is 6.92 Å². The first kappa shape index (κ1) is 8.76. The van der Waals surface area contributed by atoms with Crippen LogP contribution in [-0.2, 0) is 4.79 Å². The minimum absolute atomic E-state index is 0.345. The maximum Gasteiger partial charge on any atom is 0.435 e. The van der Waals surface area contributed by atoms with Crippen molar-refractivity contribution >= 4 is 12.1 Å². The first-order valence-corrected chi connectivity index (χ1v) is 2.92. The van der Waals surface area contributed by atoms with Gasteiger partial charge in [0.2, 0.25) is 0 Å². The van der Waals surface area contributed by atoms with Crippen LogP contribution in [0.1, 0.15) is 6.92 Å². The first-order valence-electron chi connectivity index (χ1n) is 2.92. The molecule has 1 aliphatic rings. The van der Waals surface area contributed by atoms with E-state index in [2.05, 4.69) is 10.3 Å². The molecular formula is C6H3F3N2O. The summed E-state index contributed by atoms with van der Waals surface area (Å²) in [7, 11) is 0. The van der Waals surface area contributed by atoms with E-state index in [4.69, 9.17) is 0 Å². The summed E-state index contributed by atoms with van der Waals surface area (Å²) in [5.74, 6) is -1.10. The van der Waals surface area contributed by atoms with Crippen LogP contribution in [0.15, 0.2) is 16.4 Å². The van der Waals surface area contributed by atoms with Crippen molar-refractivity contribution in [3.8, 4) is 0 Å². The number of carbonyl (C=O) groups is 1. The molecule has 0 aromatic heterocycles. The molecule has 0 atom stereocenters. The third-order valence-corrected chi connectivity index (χ3v) is 1.14. The predicted octanol–water partition coefficient (Wildman–Crippen LogP) is 0.873. The molecule has 0 aromatic carbocycles. The summed E-state index contributed by atoms with van der Waals surface area (Å²) in [5.41, 5.74) is -1.59. The summed E-state index contributed by atoms with van der Waals surface area (Å²) >= 11 is 0. The SMILES string of the molecule is CC1=C(C(F)(F)F)[N]C(=O)[C]=N1. The number of aliphatic imine (C=N–C) groups is 1. The van der Waals surface area contributed by atoms with E-state index >= 15 is 0 Å². The Morgan fingerprint density at radius 1 is 1.42 bits per heavy atom. The van der Waals surface area contributed by atoms with E-state index in [1.165, 1.54) is 0 Å². The van der Waals surface area contributed by atoms with Crippen molar-refractivity contribution in [2.75, 3.05) is 0 Å². The zero-order valence-electron chi connectivity index (χ0n) is 5.94. The number of hydrogen-bond donors (Lipinski definition) is 0. The molecule has 0 fully saturated rings. The molecule has 0 saturated heterocycles. The van der Waals surface area contributed by atoms with Gasteiger partial charge < -0.3 is 0 Å². The molecule has 0 saturated carbocycles. The van der Waals surface area contributed by atoms with Gasteiger partial charge in [-0.2, -0.15) is 13.2 Å². The van der Waals surface area contributed by atoms with Crippen molar-refractivity contribution in [1.82, 2.24) is 5.32 Å². The van der Waals surface area contributed by atoms with Crippen molar-refractivity contribution in [2.24, 2.45) is 4.99 Å². The van der Waals surface area contributed by atoms with Crippen molar-refractivity contribution in [2.45, 2.75) is 13.1 Å². The highest BCUT2D eigenvalue weighted by Crippen LogP contribution is 2.28. The Kier molecular flexibility index (Phi) is 1.91. The fourth-order valence-electron chi connectivity index (χ4n) is 0.661. The zero-order chi connectivity index (χ0) is 9.35. The standard InChI is InChI=1S/C6H3F3N2O/c1-3-5(6(7,8)9)11-4(12)2-10-3/h1H3. The number of amides is 1. The van der Waals surface area contributed by atoms with Crippen LogP contribution in [0.5, 0.6) is 0 Å². The molecule has 1 rings (SSSR count). The van der Waals surface area contributed by atoms with Gasteiger partial charge in [-0.1, -0.05) is 0 Å². The molecule has 0 unspecified atom stereocenters. The summed E-state index contributed by atoms with van der Waals surface area (Å²) in [6.07, 6.45) is -2.82. The van der Waals surface area contributed by atoms with Gasteiger partial charge in [0.1, 0.15) is 0 Å². The second-order valence-corrected chi connectivity index (χ2v) is 2.07. The van der Waals surface area contributed by atoms with Gasteiger partial charge in [0.05, 0.1) is 5.70 Å². The van der Waals surface area contributed by atoms with Crippen LogP contribution in [0.25, 0.3) is 0 Å². The van der Waals surface area contributed by atoms with Gasteiger partial charge in [-0.15, -0.1) is 0 Å². The summed E-state index contributed by atoms with van der Waals surface area (Å²) < 4.78 is 35.9. The van der Waals surface area contributed by atoms with Gasteiger partial charge in [0, 0.05) is 0 Å². The number of alkyl halides is 3. The van der Waals surface area contributed by atoms with Crippen LogP contribution >= 0.6 is 0 Å². The van der Waals surface area contributed by atoms with Crippen molar-refractivity contribution < 1.29 is 18.0 Å². The number of halogens is 3. The summed E-state index contributed by atoms with van der Waals surface area (Å²) in [6.45, 7) is 1.12. The third-order valence-electron chi connectivity index (χ3n) is 1.14. The fraction of sp³-hybridized carbons (Fsp3) is 0.333. The molecule has 12 heavy (non-hydrogen) atoms. The summed E-state index contributed by atoms with van der Waals surface area (Å²) in [4.78, 5) is 13.5. The quantitative estimate of drug-likeness (QED) is 0.540. The Hall–Kier alpha value is -1.33. The highest BCUT2D eigenvalue weighted by Gasteiger charge is 2.39. The second-order valence-electron chi connectivity index (χ2n) is 2.07. The second kappa shape index (κ2) is 2.62. The van der Waals surface area contributed by atoms with Crippen LogP contribution < -0.4 is 5.32 Å². The van der Waals surface area contributed by atoms with Gasteiger partial charge in [-0.3, -0.25) is 4.79 Å². The Bertz CT molecular complexity index is 277. The van der Waals surface area contributed by atoms with E-state index in [9.17, 15) is 18.0 Å². The van der Waals surface area contributed by atoms with Gasteiger partial charge in [0.25, 0.3) is 5.91 Å². The van der Waals surface area contributed by atoms with E-state index in [0.29, 0.717) is 0 Å². The molecule has 3 nitrogen and oxygen atoms in total. The van der Waals surface area contributed by atoms with E-state index in [1.54, 1.807) is 6.21 Å². The first-order chi connectivity index (χ1) is 5.41. The molecule has 6 heteroatoms. The Balaban J connectivity index is 3.02. The number of hydrogen-bond acceptors (Lipinski definition) is 2. The fourth-order valence-corrected chi connectivity index (χ4v) is 0.661. The minimum atomic E-state index is -4.62. The van der Waals surface area contributed by atoms with Crippen molar-refractivity contribution in [3.05, 3.63) is 11.4 Å². The molecule has 1 amide bonds. The highest BCUT2D eigenvalue weighted by molar-refractivity contribution is 6.27. The molecule has 0 bridgehead atoms. The lowest BCUT2D eigenvalue weighted by Crippen LogP contribution is -2.30. The minimum Gasteiger partial charge on any atom is -0.265 e. The normalized spacial score (nSPS) is 18.2. The maximum atomic E-state index is 12.0. The Morgan fingerprint density at radius 3 is 2.42 bits per heavy atom. The van der Waals surface area contributed by atoms with Gasteiger partial charge >= 0.3 is 6.18 Å². The van der Waals surface area contributed by atoms with E-state index in [1.807, 2.05) is 0 Å². The lowest BCUT2D eigenvalue weighted by atomic mass is 10.3.